The summed E-state index contributed by atoms with van der Waals surface area (Å²) in [5, 5.41) is 8.67. The van der Waals surface area contributed by atoms with Crippen LogP contribution in [0.3, 0.4) is 0 Å². The van der Waals surface area contributed by atoms with Crippen LogP contribution in [0.5, 0.6) is 0 Å². The first kappa shape index (κ1) is 11.4. The number of carbonyl (C=O) groups is 1. The number of hydrogen-bond donors (Lipinski definition) is 1. The molecule has 0 aliphatic heterocycles. The summed E-state index contributed by atoms with van der Waals surface area (Å²) >= 11 is 0. The van der Waals surface area contributed by atoms with Gasteiger partial charge in [0.15, 0.2) is 0 Å². The number of rotatable bonds is 4. The third kappa shape index (κ3) is 3.54. The molecule has 0 amide bonds. The number of carboxylic acids is 1. The van der Waals surface area contributed by atoms with E-state index in [2.05, 4.69) is 0 Å². The Hall–Kier alpha value is -1.64. The summed E-state index contributed by atoms with van der Waals surface area (Å²) in [4.78, 5) is 10.6. The Labute approximate surface area is 88.1 Å². The highest BCUT2D eigenvalue weighted by Crippen LogP contribution is 2.20. The molecule has 15 heavy (non-hydrogen) atoms. The van der Waals surface area contributed by atoms with Gasteiger partial charge in [-0.25, -0.2) is 9.18 Å². The summed E-state index contributed by atoms with van der Waals surface area (Å²) in [5.74, 6) is -1.34. The largest absolute Gasteiger partial charge is 0.478 e. The van der Waals surface area contributed by atoms with Crippen molar-refractivity contribution in [3.8, 4) is 0 Å². The minimum absolute atomic E-state index is 0.347. The lowest BCUT2D eigenvalue weighted by Crippen LogP contribution is -1.93. The first-order valence-electron chi connectivity index (χ1n) is 4.83. The lowest BCUT2D eigenvalue weighted by molar-refractivity contribution is -0.131. The Balaban J connectivity index is 3.04. The minimum Gasteiger partial charge on any atom is -0.478 e. The molecule has 0 fully saturated rings. The molecule has 2 nitrogen and oxygen atoms in total. The number of halogens is 1. The zero-order valence-corrected chi connectivity index (χ0v) is 8.53. The lowest BCUT2D eigenvalue weighted by Gasteiger charge is -2.05. The number of hydrogen-bond acceptors (Lipinski definition) is 1. The van der Waals surface area contributed by atoms with Gasteiger partial charge in [-0.15, -0.1) is 0 Å². The molecule has 0 heterocycles. The van der Waals surface area contributed by atoms with E-state index in [1.165, 1.54) is 12.1 Å². The van der Waals surface area contributed by atoms with Crippen molar-refractivity contribution < 1.29 is 14.3 Å². The molecule has 1 rings (SSSR count). The van der Waals surface area contributed by atoms with Crippen molar-refractivity contribution in [1.82, 2.24) is 0 Å². The fourth-order valence-corrected chi connectivity index (χ4v) is 1.41. The molecular weight excluding hydrogens is 195 g/mol. The minimum atomic E-state index is -0.997. The van der Waals surface area contributed by atoms with Crippen LogP contribution in [-0.2, 0) is 4.79 Å². The highest BCUT2D eigenvalue weighted by molar-refractivity contribution is 5.89. The summed E-state index contributed by atoms with van der Waals surface area (Å²) in [7, 11) is 0. The van der Waals surface area contributed by atoms with Gasteiger partial charge in [0.2, 0.25) is 0 Å². The molecule has 1 aromatic rings. The predicted molar refractivity (Wildman–Crippen MR) is 56.9 cm³/mol. The molecule has 3 heteroatoms. The maximum absolute atomic E-state index is 12.9. The van der Waals surface area contributed by atoms with Gasteiger partial charge in [-0.2, -0.15) is 0 Å². The van der Waals surface area contributed by atoms with E-state index >= 15 is 0 Å². The van der Waals surface area contributed by atoms with Crippen LogP contribution in [0.15, 0.2) is 30.3 Å². The molecule has 1 aromatic carbocycles. The van der Waals surface area contributed by atoms with Crippen LogP contribution in [0.4, 0.5) is 4.39 Å². The second-order valence-electron chi connectivity index (χ2n) is 3.27. The van der Waals surface area contributed by atoms with Crippen molar-refractivity contribution in [2.75, 3.05) is 0 Å². The van der Waals surface area contributed by atoms with E-state index in [0.717, 1.165) is 12.5 Å². The van der Waals surface area contributed by atoms with Crippen LogP contribution < -0.4 is 0 Å². The number of carboxylic acid groups (broad SMARTS) is 1. The van der Waals surface area contributed by atoms with Crippen LogP contribution in [0.1, 0.15) is 25.3 Å². The summed E-state index contributed by atoms with van der Waals surface area (Å²) in [6.07, 6.45) is 2.60. The van der Waals surface area contributed by atoms with Crippen molar-refractivity contribution in [2.45, 2.75) is 19.8 Å². The Morgan fingerprint density at radius 2 is 2.27 bits per heavy atom. The fraction of sp³-hybridized carbons (Fsp3) is 0.250. The van der Waals surface area contributed by atoms with Gasteiger partial charge in [0.05, 0.1) is 0 Å². The van der Waals surface area contributed by atoms with Crippen LogP contribution in [0.2, 0.25) is 0 Å². The van der Waals surface area contributed by atoms with E-state index in [1.807, 2.05) is 6.92 Å². The average Bonchev–Trinajstić information content (AvgIpc) is 2.16. The second kappa shape index (κ2) is 5.29. The molecule has 0 radical (unpaired) electrons. The summed E-state index contributed by atoms with van der Waals surface area (Å²) in [5.41, 5.74) is 1.30. The van der Waals surface area contributed by atoms with Gasteiger partial charge in [0.1, 0.15) is 5.82 Å². The second-order valence-corrected chi connectivity index (χ2v) is 3.27. The number of benzene rings is 1. The zero-order chi connectivity index (χ0) is 11.3. The first-order valence-corrected chi connectivity index (χ1v) is 4.83. The van der Waals surface area contributed by atoms with Crippen molar-refractivity contribution in [3.63, 3.8) is 0 Å². The smallest absolute Gasteiger partial charge is 0.328 e. The first-order chi connectivity index (χ1) is 7.13. The van der Waals surface area contributed by atoms with Gasteiger partial charge in [0, 0.05) is 6.08 Å². The summed E-state index contributed by atoms with van der Waals surface area (Å²) in [6, 6.07) is 5.99. The molecule has 80 valence electrons. The normalized spacial score (nSPS) is 11.5. The highest BCUT2D eigenvalue weighted by Gasteiger charge is 2.04. The molecule has 0 aromatic heterocycles. The zero-order valence-electron chi connectivity index (χ0n) is 8.53. The van der Waals surface area contributed by atoms with E-state index in [-0.39, 0.29) is 5.82 Å². The molecule has 0 atom stereocenters. The predicted octanol–water partition coefficient (Wildman–Crippen LogP) is 3.09. The summed E-state index contributed by atoms with van der Waals surface area (Å²) in [6.45, 7) is 1.95. The van der Waals surface area contributed by atoms with Gasteiger partial charge >= 0.3 is 5.97 Å². The van der Waals surface area contributed by atoms with E-state index < -0.39 is 5.97 Å². The lowest BCUT2D eigenvalue weighted by atomic mass is 10.0. The summed E-state index contributed by atoms with van der Waals surface area (Å²) < 4.78 is 12.9. The Kier molecular flexibility index (Phi) is 4.03. The van der Waals surface area contributed by atoms with Gasteiger partial charge < -0.3 is 5.11 Å². The Bertz CT molecular complexity index is 383. The van der Waals surface area contributed by atoms with Crippen LogP contribution in [-0.4, -0.2) is 11.1 Å². The molecule has 0 bridgehead atoms. The van der Waals surface area contributed by atoms with Gasteiger partial charge in [0.25, 0.3) is 0 Å². The van der Waals surface area contributed by atoms with E-state index in [0.29, 0.717) is 17.6 Å². The van der Waals surface area contributed by atoms with E-state index in [9.17, 15) is 9.18 Å². The molecule has 0 saturated carbocycles. The third-order valence-electron chi connectivity index (χ3n) is 2.01. The van der Waals surface area contributed by atoms with Gasteiger partial charge in [-0.1, -0.05) is 25.5 Å². The van der Waals surface area contributed by atoms with Gasteiger partial charge in [-0.3, -0.25) is 0 Å². The SMILES string of the molecule is CCC/C(=C\C(=O)O)c1cccc(F)c1. The Morgan fingerprint density at radius 1 is 1.53 bits per heavy atom. The third-order valence-corrected chi connectivity index (χ3v) is 2.01. The van der Waals surface area contributed by atoms with Crippen molar-refractivity contribution >= 4 is 11.5 Å². The molecule has 1 N–H and O–H groups in total. The highest BCUT2D eigenvalue weighted by atomic mass is 19.1. The Morgan fingerprint density at radius 3 is 2.80 bits per heavy atom. The quantitative estimate of drug-likeness (QED) is 0.772. The molecular formula is C12H13FO2. The molecule has 0 spiro atoms. The molecule has 0 unspecified atom stereocenters. The van der Waals surface area contributed by atoms with Gasteiger partial charge in [-0.05, 0) is 29.7 Å². The molecule has 0 aliphatic rings. The van der Waals surface area contributed by atoms with Crippen molar-refractivity contribution in [2.24, 2.45) is 0 Å². The van der Waals surface area contributed by atoms with E-state index in [1.54, 1.807) is 12.1 Å². The number of aliphatic carboxylic acids is 1. The van der Waals surface area contributed by atoms with Crippen molar-refractivity contribution in [3.05, 3.63) is 41.7 Å². The molecule has 0 aliphatic carbocycles. The topological polar surface area (TPSA) is 37.3 Å². The van der Waals surface area contributed by atoms with Crippen LogP contribution >= 0.6 is 0 Å². The average molecular weight is 208 g/mol. The maximum atomic E-state index is 12.9. The van der Waals surface area contributed by atoms with Crippen molar-refractivity contribution in [1.29, 1.82) is 0 Å². The maximum Gasteiger partial charge on any atom is 0.328 e. The fourth-order valence-electron chi connectivity index (χ4n) is 1.41. The van der Waals surface area contributed by atoms with E-state index in [4.69, 9.17) is 5.11 Å². The van der Waals surface area contributed by atoms with Crippen LogP contribution in [0, 0.1) is 5.82 Å². The standard InChI is InChI=1S/C12H13FO2/c1-2-4-9(8-12(14)15)10-5-3-6-11(13)7-10/h3,5-8H,2,4H2,1H3,(H,14,15)/b9-8+. The monoisotopic (exact) mass is 208 g/mol. The van der Waals surface area contributed by atoms with Crippen LogP contribution in [0.25, 0.3) is 5.57 Å². The number of allylic oxidation sites excluding steroid dienone is 1. The molecule has 0 saturated heterocycles.